The number of nitrogens with zero attached hydrogens (tertiary/aromatic N) is 2. The Morgan fingerprint density at radius 1 is 1.56 bits per heavy atom. The van der Waals surface area contributed by atoms with Crippen molar-refractivity contribution in [2.24, 2.45) is 5.92 Å². The van der Waals surface area contributed by atoms with E-state index in [1.54, 1.807) is 0 Å². The molecule has 4 N–H and O–H groups in total. The highest BCUT2D eigenvalue weighted by Gasteiger charge is 2.30. The second kappa shape index (κ2) is 5.48. The van der Waals surface area contributed by atoms with Crippen LogP contribution in [0.25, 0.3) is 0 Å². The highest BCUT2D eigenvalue weighted by Crippen LogP contribution is 2.33. The van der Waals surface area contributed by atoms with E-state index in [4.69, 9.17) is 5.11 Å². The minimum Gasteiger partial charge on any atom is -0.480 e. The van der Waals surface area contributed by atoms with Crippen molar-refractivity contribution in [2.75, 3.05) is 0 Å². The number of hydrogen-bond donors (Lipinski definition) is 4. The molecule has 0 radical (unpaired) electrons. The Bertz CT molecular complexity index is 415. The summed E-state index contributed by atoms with van der Waals surface area (Å²) in [5, 5.41) is 20.2. The number of H-pyrrole nitrogens is 1. The molecule has 8 heteroatoms. The molecular formula is C10H15N5O3. The van der Waals surface area contributed by atoms with E-state index in [2.05, 4.69) is 25.8 Å². The quantitative estimate of drug-likeness (QED) is 0.562. The van der Waals surface area contributed by atoms with Crippen LogP contribution >= 0.6 is 0 Å². The molecule has 0 spiro atoms. The van der Waals surface area contributed by atoms with E-state index < -0.39 is 18.0 Å². The summed E-state index contributed by atoms with van der Waals surface area (Å²) in [7, 11) is 0. The van der Waals surface area contributed by atoms with Crippen molar-refractivity contribution in [3.63, 3.8) is 0 Å². The molecule has 1 fully saturated rings. The zero-order chi connectivity index (χ0) is 13.0. The molecule has 1 saturated carbocycles. The zero-order valence-corrected chi connectivity index (χ0v) is 9.72. The monoisotopic (exact) mass is 253 g/mol. The molecule has 18 heavy (non-hydrogen) atoms. The fourth-order valence-electron chi connectivity index (χ4n) is 1.60. The summed E-state index contributed by atoms with van der Waals surface area (Å²) < 4.78 is 0. The molecule has 8 nitrogen and oxygen atoms in total. The van der Waals surface area contributed by atoms with Crippen LogP contribution in [0.15, 0.2) is 6.33 Å². The van der Waals surface area contributed by atoms with Crippen molar-refractivity contribution in [1.82, 2.24) is 25.8 Å². The summed E-state index contributed by atoms with van der Waals surface area (Å²) in [6.45, 7) is 0.182. The predicted octanol–water partition coefficient (Wildman–Crippen LogP) is -0.143. The maximum absolute atomic E-state index is 11.5. The van der Waals surface area contributed by atoms with Crippen LogP contribution in [0.3, 0.4) is 0 Å². The molecule has 1 atom stereocenters. The van der Waals surface area contributed by atoms with E-state index in [1.807, 2.05) is 0 Å². The lowest BCUT2D eigenvalue weighted by molar-refractivity contribution is -0.139. The van der Waals surface area contributed by atoms with E-state index in [9.17, 15) is 9.59 Å². The number of nitrogens with one attached hydrogen (secondary N) is 3. The van der Waals surface area contributed by atoms with Gasteiger partial charge in [0, 0.05) is 0 Å². The van der Waals surface area contributed by atoms with Gasteiger partial charge in [-0.1, -0.05) is 12.8 Å². The van der Waals surface area contributed by atoms with Gasteiger partial charge in [0.15, 0.2) is 0 Å². The standard InChI is InChI=1S/C10H15N5O3/c16-9(17)7(3-6-1-2-6)14-10(18)11-4-8-12-5-13-15-8/h5-7H,1-4H2,(H,16,17)(H2,11,14,18)(H,12,13,15). The van der Waals surface area contributed by atoms with Crippen molar-refractivity contribution < 1.29 is 14.7 Å². The summed E-state index contributed by atoms with van der Waals surface area (Å²) in [4.78, 5) is 26.3. The Labute approximate surface area is 103 Å². The molecule has 0 aliphatic heterocycles. The van der Waals surface area contributed by atoms with Gasteiger partial charge in [0.05, 0.1) is 6.54 Å². The van der Waals surface area contributed by atoms with E-state index in [0.29, 0.717) is 18.2 Å². The molecule has 1 heterocycles. The van der Waals surface area contributed by atoms with Crippen LogP contribution in [0.2, 0.25) is 0 Å². The van der Waals surface area contributed by atoms with Crippen LogP contribution in [-0.2, 0) is 11.3 Å². The Balaban J connectivity index is 1.75. The first-order valence-corrected chi connectivity index (χ1v) is 5.76. The molecule has 2 rings (SSSR count). The molecule has 98 valence electrons. The minimum atomic E-state index is -1.00. The normalized spacial score (nSPS) is 16.0. The van der Waals surface area contributed by atoms with Gasteiger partial charge in [0.1, 0.15) is 18.2 Å². The number of hydrogen-bond acceptors (Lipinski definition) is 4. The summed E-state index contributed by atoms with van der Waals surface area (Å²) >= 11 is 0. The van der Waals surface area contributed by atoms with Crippen LogP contribution < -0.4 is 10.6 Å². The van der Waals surface area contributed by atoms with Crippen LogP contribution in [0, 0.1) is 5.92 Å². The van der Waals surface area contributed by atoms with Gasteiger partial charge in [-0.15, -0.1) is 0 Å². The van der Waals surface area contributed by atoms with Gasteiger partial charge in [0.25, 0.3) is 0 Å². The smallest absolute Gasteiger partial charge is 0.326 e. The number of urea groups is 1. The molecule has 0 aromatic carbocycles. The molecule has 1 aliphatic rings. The number of carbonyl (C=O) groups is 2. The second-order valence-electron chi connectivity index (χ2n) is 4.33. The summed E-state index contributed by atoms with van der Waals surface area (Å²) in [5.41, 5.74) is 0. The molecular weight excluding hydrogens is 238 g/mol. The summed E-state index contributed by atoms with van der Waals surface area (Å²) in [6, 6.07) is -1.34. The first kappa shape index (κ1) is 12.3. The number of rotatable bonds is 6. The molecule has 1 aromatic rings. The third kappa shape index (κ3) is 3.72. The number of carbonyl (C=O) groups excluding carboxylic acids is 1. The average molecular weight is 253 g/mol. The molecule has 0 saturated heterocycles. The van der Waals surface area contributed by atoms with E-state index in [0.717, 1.165) is 12.8 Å². The number of aliphatic carboxylic acids is 1. The van der Waals surface area contributed by atoms with Crippen LogP contribution in [0.1, 0.15) is 25.1 Å². The molecule has 2 amide bonds. The average Bonchev–Trinajstić information content (AvgIpc) is 2.99. The van der Waals surface area contributed by atoms with Gasteiger partial charge < -0.3 is 15.7 Å². The minimum absolute atomic E-state index is 0.182. The summed E-state index contributed by atoms with van der Waals surface area (Å²) in [6.07, 6.45) is 3.92. The number of carboxylic acids is 1. The van der Waals surface area contributed by atoms with Gasteiger partial charge in [-0.3, -0.25) is 5.10 Å². The van der Waals surface area contributed by atoms with Crippen molar-refractivity contribution in [1.29, 1.82) is 0 Å². The zero-order valence-electron chi connectivity index (χ0n) is 9.72. The van der Waals surface area contributed by atoms with Crippen LogP contribution in [0.5, 0.6) is 0 Å². The van der Waals surface area contributed by atoms with Crippen molar-refractivity contribution in [3.8, 4) is 0 Å². The second-order valence-corrected chi connectivity index (χ2v) is 4.33. The summed E-state index contributed by atoms with van der Waals surface area (Å²) in [5.74, 6) is -0.0587. The number of carboxylic acid groups (broad SMARTS) is 1. The Hall–Kier alpha value is -2.12. The third-order valence-corrected chi connectivity index (χ3v) is 2.75. The maximum atomic E-state index is 11.5. The van der Waals surface area contributed by atoms with E-state index >= 15 is 0 Å². The SMILES string of the molecule is O=C(NCc1ncn[nH]1)NC(CC1CC1)C(=O)O. The van der Waals surface area contributed by atoms with E-state index in [-0.39, 0.29) is 6.54 Å². The fourth-order valence-corrected chi connectivity index (χ4v) is 1.60. The van der Waals surface area contributed by atoms with Crippen LogP contribution in [0.4, 0.5) is 4.79 Å². The van der Waals surface area contributed by atoms with Crippen molar-refractivity contribution >= 4 is 12.0 Å². The third-order valence-electron chi connectivity index (χ3n) is 2.75. The highest BCUT2D eigenvalue weighted by atomic mass is 16.4. The fraction of sp³-hybridized carbons (Fsp3) is 0.600. The number of aromatic amines is 1. The van der Waals surface area contributed by atoms with Gasteiger partial charge in [-0.25, -0.2) is 14.6 Å². The highest BCUT2D eigenvalue weighted by molar-refractivity contribution is 5.82. The molecule has 1 aromatic heterocycles. The lowest BCUT2D eigenvalue weighted by atomic mass is 10.1. The van der Waals surface area contributed by atoms with Gasteiger partial charge >= 0.3 is 12.0 Å². The first-order chi connectivity index (χ1) is 8.65. The van der Waals surface area contributed by atoms with Gasteiger partial charge in [-0.2, -0.15) is 5.10 Å². The largest absolute Gasteiger partial charge is 0.480 e. The first-order valence-electron chi connectivity index (χ1n) is 5.76. The van der Waals surface area contributed by atoms with E-state index in [1.165, 1.54) is 6.33 Å². The number of amides is 2. The Kier molecular flexibility index (Phi) is 3.75. The number of aromatic nitrogens is 3. The topological polar surface area (TPSA) is 120 Å². The van der Waals surface area contributed by atoms with Crippen molar-refractivity contribution in [2.45, 2.75) is 31.8 Å². The molecule has 1 unspecified atom stereocenters. The molecule has 0 bridgehead atoms. The van der Waals surface area contributed by atoms with Gasteiger partial charge in [-0.05, 0) is 12.3 Å². The van der Waals surface area contributed by atoms with Crippen molar-refractivity contribution in [3.05, 3.63) is 12.2 Å². The Morgan fingerprint density at radius 3 is 2.89 bits per heavy atom. The maximum Gasteiger partial charge on any atom is 0.326 e. The lowest BCUT2D eigenvalue weighted by Crippen LogP contribution is -2.46. The van der Waals surface area contributed by atoms with Gasteiger partial charge in [0.2, 0.25) is 0 Å². The predicted molar refractivity (Wildman–Crippen MR) is 60.5 cm³/mol. The Morgan fingerprint density at radius 2 is 2.33 bits per heavy atom. The van der Waals surface area contributed by atoms with Crippen LogP contribution in [-0.4, -0.2) is 38.3 Å². The molecule has 1 aliphatic carbocycles. The lowest BCUT2D eigenvalue weighted by Gasteiger charge is -2.14.